The minimum atomic E-state index is -3.48. The number of rotatable bonds is 5. The number of hydrogen-bond acceptors (Lipinski definition) is 4. The summed E-state index contributed by atoms with van der Waals surface area (Å²) < 4.78 is 27.5. The molecule has 1 aliphatic rings. The van der Waals surface area contributed by atoms with E-state index in [-0.39, 0.29) is 12.6 Å². The van der Waals surface area contributed by atoms with E-state index in [1.807, 2.05) is 7.05 Å². The number of hydrogen-bond donors (Lipinski definition) is 2. The van der Waals surface area contributed by atoms with Gasteiger partial charge in [0.05, 0.1) is 4.90 Å². The standard InChI is InChI=1S/C14H23N3O2S/c1-17-9-5-4-7-13(17)11-16-20(18,19)14-8-3-2-6-12(14)10-15/h2-3,6,8,13,16H,4-5,7,9-11,15H2,1H3. The van der Waals surface area contributed by atoms with Crippen molar-refractivity contribution < 1.29 is 8.42 Å². The van der Waals surface area contributed by atoms with Gasteiger partial charge in [0.15, 0.2) is 0 Å². The zero-order chi connectivity index (χ0) is 14.6. The van der Waals surface area contributed by atoms with Gasteiger partial charge in [-0.2, -0.15) is 0 Å². The van der Waals surface area contributed by atoms with Crippen molar-refractivity contribution in [3.63, 3.8) is 0 Å². The Morgan fingerprint density at radius 2 is 2.10 bits per heavy atom. The first-order valence-electron chi connectivity index (χ1n) is 7.02. The smallest absolute Gasteiger partial charge is 0.240 e. The third-order valence-corrected chi connectivity index (χ3v) is 5.44. The van der Waals surface area contributed by atoms with Gasteiger partial charge in [0.2, 0.25) is 10.0 Å². The number of sulfonamides is 1. The van der Waals surface area contributed by atoms with E-state index in [0.29, 0.717) is 17.0 Å². The topological polar surface area (TPSA) is 75.4 Å². The van der Waals surface area contributed by atoms with Gasteiger partial charge in [0.1, 0.15) is 0 Å². The summed E-state index contributed by atoms with van der Waals surface area (Å²) in [6, 6.07) is 7.16. The highest BCUT2D eigenvalue weighted by molar-refractivity contribution is 7.89. The van der Waals surface area contributed by atoms with E-state index >= 15 is 0 Å². The van der Waals surface area contributed by atoms with E-state index in [0.717, 1.165) is 19.4 Å². The Morgan fingerprint density at radius 3 is 2.80 bits per heavy atom. The zero-order valence-electron chi connectivity index (χ0n) is 11.9. The molecule has 1 heterocycles. The number of likely N-dealkylation sites (tertiary alicyclic amines) is 1. The summed E-state index contributed by atoms with van der Waals surface area (Å²) in [7, 11) is -1.43. The Labute approximate surface area is 121 Å². The van der Waals surface area contributed by atoms with Gasteiger partial charge >= 0.3 is 0 Å². The summed E-state index contributed by atoms with van der Waals surface area (Å²) >= 11 is 0. The van der Waals surface area contributed by atoms with Crippen LogP contribution in [0.15, 0.2) is 29.2 Å². The lowest BCUT2D eigenvalue weighted by molar-refractivity contribution is 0.187. The van der Waals surface area contributed by atoms with Crippen LogP contribution in [0.5, 0.6) is 0 Å². The average Bonchev–Trinajstić information content (AvgIpc) is 2.46. The molecule has 1 aliphatic heterocycles. The maximum atomic E-state index is 12.4. The fourth-order valence-corrected chi connectivity index (χ4v) is 3.94. The molecule has 1 atom stereocenters. The van der Waals surface area contributed by atoms with E-state index < -0.39 is 10.0 Å². The van der Waals surface area contributed by atoms with Crippen LogP contribution < -0.4 is 10.5 Å². The SMILES string of the molecule is CN1CCCCC1CNS(=O)(=O)c1ccccc1CN. The molecular formula is C14H23N3O2S. The molecule has 6 heteroatoms. The summed E-state index contributed by atoms with van der Waals surface area (Å²) in [4.78, 5) is 2.52. The van der Waals surface area contributed by atoms with Crippen molar-refractivity contribution in [3.8, 4) is 0 Å². The largest absolute Gasteiger partial charge is 0.326 e. The van der Waals surface area contributed by atoms with Crippen molar-refractivity contribution in [1.29, 1.82) is 0 Å². The van der Waals surface area contributed by atoms with Gasteiger partial charge in [-0.05, 0) is 38.1 Å². The van der Waals surface area contributed by atoms with Crippen molar-refractivity contribution >= 4 is 10.0 Å². The zero-order valence-corrected chi connectivity index (χ0v) is 12.7. The van der Waals surface area contributed by atoms with Gasteiger partial charge in [0, 0.05) is 19.1 Å². The van der Waals surface area contributed by atoms with Crippen LogP contribution in [0, 0.1) is 0 Å². The molecule has 1 unspecified atom stereocenters. The van der Waals surface area contributed by atoms with E-state index in [1.165, 1.54) is 6.42 Å². The maximum absolute atomic E-state index is 12.4. The summed E-state index contributed by atoms with van der Waals surface area (Å²) in [5.41, 5.74) is 6.26. The van der Waals surface area contributed by atoms with Crippen LogP contribution >= 0.6 is 0 Å². The maximum Gasteiger partial charge on any atom is 0.240 e. The molecule has 1 fully saturated rings. The summed E-state index contributed by atoms with van der Waals surface area (Å²) in [5, 5.41) is 0. The van der Waals surface area contributed by atoms with Gasteiger partial charge in [-0.15, -0.1) is 0 Å². The first-order chi connectivity index (χ1) is 9.54. The number of nitrogens with two attached hydrogens (primary N) is 1. The van der Waals surface area contributed by atoms with Crippen LogP contribution in [0.3, 0.4) is 0 Å². The minimum absolute atomic E-state index is 0.223. The molecular weight excluding hydrogens is 274 g/mol. The molecule has 0 radical (unpaired) electrons. The molecule has 0 aromatic heterocycles. The second-order valence-electron chi connectivity index (χ2n) is 5.29. The van der Waals surface area contributed by atoms with Crippen LogP contribution in [0.4, 0.5) is 0 Å². The normalized spacial score (nSPS) is 21.0. The number of piperidine rings is 1. The second kappa shape index (κ2) is 6.67. The van der Waals surface area contributed by atoms with Crippen molar-refractivity contribution in [1.82, 2.24) is 9.62 Å². The van der Waals surface area contributed by atoms with E-state index in [9.17, 15) is 8.42 Å². The number of likely N-dealkylation sites (N-methyl/N-ethyl adjacent to an activating group) is 1. The van der Waals surface area contributed by atoms with E-state index in [2.05, 4.69) is 9.62 Å². The van der Waals surface area contributed by atoms with E-state index in [4.69, 9.17) is 5.73 Å². The third-order valence-electron chi connectivity index (χ3n) is 3.91. The lowest BCUT2D eigenvalue weighted by atomic mass is 10.0. The van der Waals surface area contributed by atoms with Gasteiger partial charge < -0.3 is 10.6 Å². The van der Waals surface area contributed by atoms with Gasteiger partial charge in [-0.1, -0.05) is 24.6 Å². The predicted octanol–water partition coefficient (Wildman–Crippen LogP) is 0.908. The first-order valence-corrected chi connectivity index (χ1v) is 8.51. The molecule has 1 aromatic rings. The fourth-order valence-electron chi connectivity index (χ4n) is 2.62. The van der Waals surface area contributed by atoms with Crippen molar-refractivity contribution in [2.45, 2.75) is 36.7 Å². The van der Waals surface area contributed by atoms with Crippen LogP contribution in [0.1, 0.15) is 24.8 Å². The Kier molecular flexibility index (Phi) is 5.15. The van der Waals surface area contributed by atoms with Crippen LogP contribution in [-0.4, -0.2) is 39.5 Å². The second-order valence-corrected chi connectivity index (χ2v) is 7.03. The highest BCUT2D eigenvalue weighted by Crippen LogP contribution is 2.17. The lowest BCUT2D eigenvalue weighted by Crippen LogP contribution is -2.44. The molecule has 0 spiro atoms. The molecule has 0 bridgehead atoms. The van der Waals surface area contributed by atoms with E-state index in [1.54, 1.807) is 24.3 Å². The Balaban J connectivity index is 2.07. The van der Waals surface area contributed by atoms with Crippen molar-refractivity contribution in [2.75, 3.05) is 20.1 Å². The Morgan fingerprint density at radius 1 is 1.35 bits per heavy atom. The van der Waals surface area contributed by atoms with Crippen molar-refractivity contribution in [3.05, 3.63) is 29.8 Å². The van der Waals surface area contributed by atoms with Gasteiger partial charge in [-0.25, -0.2) is 13.1 Å². The third kappa shape index (κ3) is 3.58. The predicted molar refractivity (Wildman–Crippen MR) is 79.8 cm³/mol. The molecule has 1 aromatic carbocycles. The average molecular weight is 297 g/mol. The molecule has 0 saturated carbocycles. The Bertz CT molecular complexity index is 545. The Hall–Kier alpha value is -0.950. The molecule has 5 nitrogen and oxygen atoms in total. The quantitative estimate of drug-likeness (QED) is 0.847. The number of nitrogens with zero attached hydrogens (tertiary/aromatic N) is 1. The molecule has 0 aliphatic carbocycles. The van der Waals surface area contributed by atoms with Gasteiger partial charge in [0.25, 0.3) is 0 Å². The van der Waals surface area contributed by atoms with Crippen LogP contribution in [0.2, 0.25) is 0 Å². The first kappa shape index (κ1) is 15.4. The minimum Gasteiger partial charge on any atom is -0.326 e. The van der Waals surface area contributed by atoms with Crippen molar-refractivity contribution in [2.24, 2.45) is 5.73 Å². The molecule has 0 amide bonds. The van der Waals surface area contributed by atoms with Gasteiger partial charge in [-0.3, -0.25) is 0 Å². The monoisotopic (exact) mass is 297 g/mol. The summed E-state index contributed by atoms with van der Waals surface area (Å²) in [6.07, 6.45) is 3.39. The fraction of sp³-hybridized carbons (Fsp3) is 0.571. The number of nitrogens with one attached hydrogen (secondary N) is 1. The highest BCUT2D eigenvalue weighted by atomic mass is 32.2. The highest BCUT2D eigenvalue weighted by Gasteiger charge is 2.23. The molecule has 3 N–H and O–H groups in total. The van der Waals surface area contributed by atoms with Crippen LogP contribution in [-0.2, 0) is 16.6 Å². The van der Waals surface area contributed by atoms with Crippen LogP contribution in [0.25, 0.3) is 0 Å². The molecule has 1 saturated heterocycles. The molecule has 112 valence electrons. The number of benzene rings is 1. The summed E-state index contributed by atoms with van der Waals surface area (Å²) in [5.74, 6) is 0. The summed E-state index contributed by atoms with van der Waals surface area (Å²) in [6.45, 7) is 1.71. The molecule has 20 heavy (non-hydrogen) atoms. The lowest BCUT2D eigenvalue weighted by Gasteiger charge is -2.32. The molecule has 2 rings (SSSR count).